The molecule has 9 heavy (non-hydrogen) atoms. The molecule has 0 aromatic carbocycles. The molecule has 2 nitrogen and oxygen atoms in total. The number of hydrogen-bond donors (Lipinski definition) is 1. The summed E-state index contributed by atoms with van der Waals surface area (Å²) < 4.78 is 11.5. The highest BCUT2D eigenvalue weighted by Crippen LogP contribution is 1.91. The largest absolute Gasteiger partial charge is 0.280 e. The zero-order valence-electron chi connectivity index (χ0n) is 5.69. The summed E-state index contributed by atoms with van der Waals surface area (Å²) in [4.78, 5) is 0. The molecule has 1 N–H and O–H groups in total. The molecule has 1 aromatic rings. The highest BCUT2D eigenvalue weighted by atomic mass is 19.1. The van der Waals surface area contributed by atoms with Crippen LogP contribution in [-0.4, -0.2) is 10.2 Å². The molecule has 1 aromatic heterocycles. The number of H-pyrrole nitrogens is 1. The Hall–Kier alpha value is -0.860. The molecule has 0 atom stereocenters. The Morgan fingerprint density at radius 3 is 2.56 bits per heavy atom. The van der Waals surface area contributed by atoms with Crippen molar-refractivity contribution >= 4 is 0 Å². The van der Waals surface area contributed by atoms with Crippen LogP contribution in [0, 0.1) is 0 Å². The molecule has 0 aliphatic heterocycles. The molecule has 0 saturated heterocycles. The fraction of sp³-hybridized carbons (Fsp3) is 0.500. The van der Waals surface area contributed by atoms with Crippen LogP contribution in [0.1, 0.15) is 19.5 Å². The molecule has 0 bridgehead atoms. The summed E-state index contributed by atoms with van der Waals surface area (Å²) in [5, 5.41) is 5.99. The number of halogens is 1. The van der Waals surface area contributed by atoms with E-state index < -0.39 is 6.67 Å². The Balaban J connectivity index is 0.000000291. The van der Waals surface area contributed by atoms with Crippen molar-refractivity contribution in [2.24, 2.45) is 0 Å². The zero-order chi connectivity index (χ0) is 7.11. The van der Waals surface area contributed by atoms with Crippen LogP contribution in [0.15, 0.2) is 12.3 Å². The number of aromatic nitrogens is 2. The van der Waals surface area contributed by atoms with Crippen molar-refractivity contribution in [1.29, 1.82) is 0 Å². The molecule has 1 rings (SSSR count). The fourth-order valence-corrected chi connectivity index (χ4v) is 0.359. The van der Waals surface area contributed by atoms with Gasteiger partial charge in [0.2, 0.25) is 0 Å². The molecule has 0 amide bonds. The first-order valence-corrected chi connectivity index (χ1v) is 2.97. The summed E-state index contributed by atoms with van der Waals surface area (Å²) in [7, 11) is 0. The summed E-state index contributed by atoms with van der Waals surface area (Å²) >= 11 is 0. The lowest BCUT2D eigenvalue weighted by atomic mass is 10.5. The third kappa shape index (κ3) is 2.85. The van der Waals surface area contributed by atoms with Crippen molar-refractivity contribution in [3.05, 3.63) is 18.0 Å². The van der Waals surface area contributed by atoms with Crippen LogP contribution >= 0.6 is 0 Å². The monoisotopic (exact) mass is 130 g/mol. The maximum Gasteiger partial charge on any atom is 0.131 e. The summed E-state index contributed by atoms with van der Waals surface area (Å²) in [5.41, 5.74) is 0.528. The number of alkyl halides is 1. The van der Waals surface area contributed by atoms with E-state index in [4.69, 9.17) is 0 Å². The SMILES string of the molecule is CC.FCc1ccn[nH]1. The highest BCUT2D eigenvalue weighted by Gasteiger charge is 1.85. The van der Waals surface area contributed by atoms with Gasteiger partial charge in [-0.25, -0.2) is 4.39 Å². The number of hydrogen-bond acceptors (Lipinski definition) is 1. The van der Waals surface area contributed by atoms with E-state index in [1.165, 1.54) is 6.20 Å². The van der Waals surface area contributed by atoms with Gasteiger partial charge in [-0.05, 0) is 6.07 Å². The van der Waals surface area contributed by atoms with Gasteiger partial charge >= 0.3 is 0 Å². The third-order valence-corrected chi connectivity index (χ3v) is 0.702. The summed E-state index contributed by atoms with van der Waals surface area (Å²) in [6.07, 6.45) is 1.52. The first-order chi connectivity index (χ1) is 4.43. The molecule has 0 fully saturated rings. The van der Waals surface area contributed by atoms with E-state index in [-0.39, 0.29) is 0 Å². The Bertz CT molecular complexity index is 126. The molecule has 0 aliphatic carbocycles. The minimum Gasteiger partial charge on any atom is -0.280 e. The van der Waals surface area contributed by atoms with E-state index in [0.717, 1.165) is 0 Å². The normalized spacial score (nSPS) is 7.89. The summed E-state index contributed by atoms with van der Waals surface area (Å²) in [5.74, 6) is 0. The van der Waals surface area contributed by atoms with Gasteiger partial charge in [-0.15, -0.1) is 0 Å². The van der Waals surface area contributed by atoms with Gasteiger partial charge in [0.05, 0.1) is 5.69 Å². The number of rotatable bonds is 1. The Kier molecular flexibility index (Phi) is 4.78. The molecule has 52 valence electrons. The van der Waals surface area contributed by atoms with Crippen LogP contribution in [0.2, 0.25) is 0 Å². The van der Waals surface area contributed by atoms with Gasteiger partial charge in [-0.3, -0.25) is 5.10 Å². The van der Waals surface area contributed by atoms with Crippen molar-refractivity contribution in [1.82, 2.24) is 10.2 Å². The van der Waals surface area contributed by atoms with Crippen LogP contribution in [0.4, 0.5) is 4.39 Å². The van der Waals surface area contributed by atoms with Gasteiger partial charge in [0.25, 0.3) is 0 Å². The molecule has 0 aliphatic rings. The first kappa shape index (κ1) is 8.14. The molecule has 0 spiro atoms. The van der Waals surface area contributed by atoms with E-state index in [1.807, 2.05) is 13.8 Å². The molecule has 3 heteroatoms. The summed E-state index contributed by atoms with van der Waals surface area (Å²) in [6, 6.07) is 1.60. The van der Waals surface area contributed by atoms with Crippen LogP contribution in [-0.2, 0) is 6.67 Å². The second-order valence-corrected chi connectivity index (χ2v) is 1.22. The Morgan fingerprint density at radius 2 is 2.33 bits per heavy atom. The van der Waals surface area contributed by atoms with Gasteiger partial charge < -0.3 is 0 Å². The van der Waals surface area contributed by atoms with Gasteiger partial charge in [-0.2, -0.15) is 5.10 Å². The lowest BCUT2D eigenvalue weighted by Gasteiger charge is -1.76. The molecule has 0 unspecified atom stereocenters. The van der Waals surface area contributed by atoms with Gasteiger partial charge in [0, 0.05) is 6.20 Å². The van der Waals surface area contributed by atoms with Gasteiger partial charge in [-0.1, -0.05) is 13.8 Å². The average Bonchev–Trinajstić information content (AvgIpc) is 2.43. The predicted molar refractivity (Wildman–Crippen MR) is 34.7 cm³/mol. The smallest absolute Gasteiger partial charge is 0.131 e. The van der Waals surface area contributed by atoms with Crippen LogP contribution in [0.3, 0.4) is 0 Å². The molecular formula is C6H11FN2. The van der Waals surface area contributed by atoms with Crippen molar-refractivity contribution in [3.8, 4) is 0 Å². The van der Waals surface area contributed by atoms with E-state index in [1.54, 1.807) is 6.07 Å². The molecule has 1 heterocycles. The number of nitrogens with zero attached hydrogens (tertiary/aromatic N) is 1. The zero-order valence-corrected chi connectivity index (χ0v) is 5.69. The molecule has 0 radical (unpaired) electrons. The standard InChI is InChI=1S/C4H5FN2.C2H6/c5-3-4-1-2-6-7-4;1-2/h1-2H,3H2,(H,6,7);1-2H3. The Morgan fingerprint density at radius 1 is 1.67 bits per heavy atom. The van der Waals surface area contributed by atoms with E-state index in [2.05, 4.69) is 10.2 Å². The first-order valence-electron chi connectivity index (χ1n) is 2.97. The minimum absolute atomic E-state index is 0.458. The number of nitrogens with one attached hydrogen (secondary N) is 1. The minimum atomic E-state index is -0.458. The fourth-order valence-electron chi connectivity index (χ4n) is 0.359. The molecule has 0 saturated carbocycles. The average molecular weight is 130 g/mol. The summed E-state index contributed by atoms with van der Waals surface area (Å²) in [6.45, 7) is 3.54. The van der Waals surface area contributed by atoms with Crippen LogP contribution < -0.4 is 0 Å². The lowest BCUT2D eigenvalue weighted by molar-refractivity contribution is 0.475. The topological polar surface area (TPSA) is 28.7 Å². The van der Waals surface area contributed by atoms with Crippen molar-refractivity contribution < 1.29 is 4.39 Å². The van der Waals surface area contributed by atoms with Crippen LogP contribution in [0.5, 0.6) is 0 Å². The van der Waals surface area contributed by atoms with E-state index >= 15 is 0 Å². The maximum atomic E-state index is 11.5. The van der Waals surface area contributed by atoms with Crippen LogP contribution in [0.25, 0.3) is 0 Å². The van der Waals surface area contributed by atoms with Crippen molar-refractivity contribution in [2.75, 3.05) is 0 Å². The lowest BCUT2D eigenvalue weighted by Crippen LogP contribution is -1.74. The van der Waals surface area contributed by atoms with E-state index in [9.17, 15) is 4.39 Å². The maximum absolute atomic E-state index is 11.5. The number of aromatic amines is 1. The van der Waals surface area contributed by atoms with Crippen molar-refractivity contribution in [3.63, 3.8) is 0 Å². The highest BCUT2D eigenvalue weighted by molar-refractivity contribution is 4.94. The van der Waals surface area contributed by atoms with Crippen molar-refractivity contribution in [2.45, 2.75) is 20.5 Å². The Labute approximate surface area is 54.1 Å². The second-order valence-electron chi connectivity index (χ2n) is 1.22. The van der Waals surface area contributed by atoms with Gasteiger partial charge in [0.15, 0.2) is 0 Å². The second kappa shape index (κ2) is 5.28. The van der Waals surface area contributed by atoms with Gasteiger partial charge in [0.1, 0.15) is 6.67 Å². The third-order valence-electron chi connectivity index (χ3n) is 0.702. The quantitative estimate of drug-likeness (QED) is 0.618. The predicted octanol–water partition coefficient (Wildman–Crippen LogP) is 1.91. The molecular weight excluding hydrogens is 119 g/mol. The van der Waals surface area contributed by atoms with E-state index in [0.29, 0.717) is 5.69 Å².